The first-order chi connectivity index (χ1) is 10.2. The van der Waals surface area contributed by atoms with Crippen LogP contribution in [0.2, 0.25) is 0 Å². The van der Waals surface area contributed by atoms with E-state index in [1.807, 2.05) is 19.1 Å². The number of aliphatic hydroxyl groups is 2. The summed E-state index contributed by atoms with van der Waals surface area (Å²) in [6.07, 6.45) is 1.85. The maximum absolute atomic E-state index is 9.70. The molecule has 21 heavy (non-hydrogen) atoms. The van der Waals surface area contributed by atoms with Crippen LogP contribution in [-0.2, 0) is 13.2 Å². The molecule has 1 unspecified atom stereocenters. The average Bonchev–Trinajstić information content (AvgIpc) is 2.97. The van der Waals surface area contributed by atoms with Crippen LogP contribution in [0.15, 0.2) is 18.2 Å². The molecular formula is C17H25NO3. The van der Waals surface area contributed by atoms with Crippen molar-refractivity contribution < 1.29 is 14.9 Å². The smallest absolute Gasteiger partial charge is 0.124 e. The lowest BCUT2D eigenvalue weighted by molar-refractivity contribution is 0.161. The van der Waals surface area contributed by atoms with E-state index in [0.29, 0.717) is 18.4 Å². The Balaban J connectivity index is 1.63. The molecule has 4 heteroatoms. The van der Waals surface area contributed by atoms with Crippen molar-refractivity contribution in [1.82, 2.24) is 4.90 Å². The Hall–Kier alpha value is -1.10. The summed E-state index contributed by atoms with van der Waals surface area (Å²) in [7, 11) is 0. The zero-order valence-electron chi connectivity index (χ0n) is 12.7. The molecule has 3 rings (SSSR count). The first kappa shape index (κ1) is 14.8. The molecule has 2 fully saturated rings. The molecule has 0 spiro atoms. The summed E-state index contributed by atoms with van der Waals surface area (Å²) in [5.74, 6) is 2.12. The zero-order valence-corrected chi connectivity index (χ0v) is 12.7. The number of likely N-dealkylation sites (tertiary alicyclic amines) is 1. The molecule has 3 atom stereocenters. The predicted octanol–water partition coefficient (Wildman–Crippen LogP) is 1.78. The fraction of sp³-hybridized carbons (Fsp3) is 0.647. The standard InChI is InChI=1S/C17H25NO3/c1-2-21-17-4-3-12(5-15(17)11-19)8-18-9-13-6-16(20)7-14(13)10-18/h3-5,13-14,16,19-20H,2,6-11H2,1H3/t13-,14+,16?. The topological polar surface area (TPSA) is 52.9 Å². The summed E-state index contributed by atoms with van der Waals surface area (Å²) in [6.45, 7) is 5.67. The van der Waals surface area contributed by atoms with Gasteiger partial charge in [-0.1, -0.05) is 6.07 Å². The van der Waals surface area contributed by atoms with E-state index in [1.165, 1.54) is 5.56 Å². The molecular weight excluding hydrogens is 266 g/mol. The monoisotopic (exact) mass is 291 g/mol. The molecule has 1 aromatic carbocycles. The van der Waals surface area contributed by atoms with Crippen molar-refractivity contribution in [2.75, 3.05) is 19.7 Å². The van der Waals surface area contributed by atoms with Crippen LogP contribution in [0.1, 0.15) is 30.9 Å². The second-order valence-electron chi connectivity index (χ2n) is 6.37. The predicted molar refractivity (Wildman–Crippen MR) is 81.0 cm³/mol. The molecule has 2 aliphatic rings. The van der Waals surface area contributed by atoms with Gasteiger partial charge < -0.3 is 14.9 Å². The van der Waals surface area contributed by atoms with Gasteiger partial charge in [0.25, 0.3) is 0 Å². The molecule has 1 aromatic rings. The summed E-state index contributed by atoms with van der Waals surface area (Å²) in [6, 6.07) is 6.10. The van der Waals surface area contributed by atoms with Gasteiger partial charge in [0.2, 0.25) is 0 Å². The fourth-order valence-electron chi connectivity index (χ4n) is 3.90. The van der Waals surface area contributed by atoms with Gasteiger partial charge in [0.1, 0.15) is 5.75 Å². The molecule has 4 nitrogen and oxygen atoms in total. The highest BCUT2D eigenvalue weighted by atomic mass is 16.5. The summed E-state index contributed by atoms with van der Waals surface area (Å²) >= 11 is 0. The average molecular weight is 291 g/mol. The summed E-state index contributed by atoms with van der Waals surface area (Å²) in [4.78, 5) is 2.47. The number of ether oxygens (including phenoxy) is 1. The Bertz CT molecular complexity index is 477. The maximum atomic E-state index is 9.70. The highest BCUT2D eigenvalue weighted by molar-refractivity contribution is 5.37. The second-order valence-corrected chi connectivity index (χ2v) is 6.37. The molecule has 1 aliphatic heterocycles. The molecule has 0 radical (unpaired) electrons. The van der Waals surface area contributed by atoms with Crippen molar-refractivity contribution in [3.05, 3.63) is 29.3 Å². The minimum Gasteiger partial charge on any atom is -0.494 e. The number of hydrogen-bond acceptors (Lipinski definition) is 4. The molecule has 116 valence electrons. The van der Waals surface area contributed by atoms with Gasteiger partial charge in [-0.25, -0.2) is 0 Å². The zero-order chi connectivity index (χ0) is 14.8. The molecule has 0 aromatic heterocycles. The number of fused-ring (bicyclic) bond motifs is 1. The Morgan fingerprint density at radius 2 is 1.95 bits per heavy atom. The molecule has 1 saturated carbocycles. The van der Waals surface area contributed by atoms with Crippen molar-refractivity contribution in [2.24, 2.45) is 11.8 Å². The van der Waals surface area contributed by atoms with Crippen LogP contribution in [0.4, 0.5) is 0 Å². The Morgan fingerprint density at radius 3 is 2.57 bits per heavy atom. The molecule has 2 N–H and O–H groups in total. The summed E-state index contributed by atoms with van der Waals surface area (Å²) < 4.78 is 5.52. The maximum Gasteiger partial charge on any atom is 0.124 e. The van der Waals surface area contributed by atoms with Gasteiger partial charge in [0.15, 0.2) is 0 Å². The molecule has 1 aliphatic carbocycles. The van der Waals surface area contributed by atoms with E-state index in [2.05, 4.69) is 11.0 Å². The molecule has 0 bridgehead atoms. The van der Waals surface area contributed by atoms with E-state index >= 15 is 0 Å². The Labute approximate surface area is 126 Å². The van der Waals surface area contributed by atoms with Crippen molar-refractivity contribution in [1.29, 1.82) is 0 Å². The number of aliphatic hydroxyl groups excluding tert-OH is 2. The third-order valence-corrected chi connectivity index (χ3v) is 4.80. The lowest BCUT2D eigenvalue weighted by Gasteiger charge is -2.18. The highest BCUT2D eigenvalue weighted by Crippen LogP contribution is 2.38. The van der Waals surface area contributed by atoms with Crippen molar-refractivity contribution >= 4 is 0 Å². The Kier molecular flexibility index (Phi) is 4.48. The molecule has 1 heterocycles. The van der Waals surface area contributed by atoms with Gasteiger partial charge in [-0.3, -0.25) is 4.90 Å². The van der Waals surface area contributed by atoms with Crippen LogP contribution in [-0.4, -0.2) is 40.9 Å². The summed E-state index contributed by atoms with van der Waals surface area (Å²) in [5.41, 5.74) is 2.09. The largest absolute Gasteiger partial charge is 0.494 e. The molecule has 0 amide bonds. The van der Waals surface area contributed by atoms with E-state index in [4.69, 9.17) is 4.74 Å². The van der Waals surface area contributed by atoms with Gasteiger partial charge in [-0.2, -0.15) is 0 Å². The molecule has 1 saturated heterocycles. The van der Waals surface area contributed by atoms with E-state index < -0.39 is 0 Å². The van der Waals surface area contributed by atoms with E-state index in [0.717, 1.165) is 43.8 Å². The number of nitrogens with zero attached hydrogens (tertiary/aromatic N) is 1. The van der Waals surface area contributed by atoms with E-state index in [9.17, 15) is 10.2 Å². The van der Waals surface area contributed by atoms with Crippen LogP contribution in [0.3, 0.4) is 0 Å². The quantitative estimate of drug-likeness (QED) is 0.868. The highest BCUT2D eigenvalue weighted by Gasteiger charge is 2.39. The van der Waals surface area contributed by atoms with E-state index in [-0.39, 0.29) is 12.7 Å². The van der Waals surface area contributed by atoms with Crippen LogP contribution in [0, 0.1) is 11.8 Å². The van der Waals surface area contributed by atoms with Gasteiger partial charge in [-0.15, -0.1) is 0 Å². The lowest BCUT2D eigenvalue weighted by atomic mass is 10.0. The van der Waals surface area contributed by atoms with Crippen LogP contribution >= 0.6 is 0 Å². The van der Waals surface area contributed by atoms with Crippen LogP contribution in [0.25, 0.3) is 0 Å². The van der Waals surface area contributed by atoms with Gasteiger partial charge in [0, 0.05) is 25.2 Å². The summed E-state index contributed by atoms with van der Waals surface area (Å²) in [5, 5.41) is 19.2. The first-order valence-electron chi connectivity index (χ1n) is 7.95. The third kappa shape index (κ3) is 3.23. The number of hydrogen-bond donors (Lipinski definition) is 2. The minimum absolute atomic E-state index is 0.0145. The minimum atomic E-state index is -0.0754. The van der Waals surface area contributed by atoms with Crippen molar-refractivity contribution in [2.45, 2.75) is 39.0 Å². The third-order valence-electron chi connectivity index (χ3n) is 4.80. The van der Waals surface area contributed by atoms with Crippen LogP contribution < -0.4 is 4.74 Å². The van der Waals surface area contributed by atoms with Crippen molar-refractivity contribution in [3.8, 4) is 5.75 Å². The van der Waals surface area contributed by atoms with E-state index in [1.54, 1.807) is 0 Å². The van der Waals surface area contributed by atoms with Crippen LogP contribution in [0.5, 0.6) is 5.75 Å². The SMILES string of the molecule is CCOc1ccc(CN2C[C@H]3CC(O)C[C@H]3C2)cc1CO. The van der Waals surface area contributed by atoms with Crippen molar-refractivity contribution in [3.63, 3.8) is 0 Å². The Morgan fingerprint density at radius 1 is 1.24 bits per heavy atom. The van der Waals surface area contributed by atoms with Gasteiger partial charge in [-0.05, 0) is 49.3 Å². The lowest BCUT2D eigenvalue weighted by Crippen LogP contribution is -2.22. The number of rotatable bonds is 5. The fourth-order valence-corrected chi connectivity index (χ4v) is 3.90. The number of benzene rings is 1. The second kappa shape index (κ2) is 6.34. The van der Waals surface area contributed by atoms with Gasteiger partial charge in [0.05, 0.1) is 19.3 Å². The normalized spacial score (nSPS) is 28.8. The van der Waals surface area contributed by atoms with Gasteiger partial charge >= 0.3 is 0 Å². The first-order valence-corrected chi connectivity index (χ1v) is 7.95.